The van der Waals surface area contributed by atoms with E-state index in [4.69, 9.17) is 4.74 Å². The lowest BCUT2D eigenvalue weighted by molar-refractivity contribution is -0.143. The molecule has 0 aliphatic carbocycles. The summed E-state index contributed by atoms with van der Waals surface area (Å²) < 4.78 is 5.51. The standard InChI is InChI=1S/C78H149NO5/c1-3-5-7-9-11-13-15-17-19-21-40-44-48-52-56-60-64-68-72-78(83)84-73-69-65-61-57-53-49-45-41-38-36-34-32-30-28-26-24-22-23-25-27-29-31-33-35-37-39-43-47-51-55-59-63-67-71-77(82)79-75(74-80)76(81)70-66-62-58-54-50-46-42-20-18-16-14-12-10-8-6-4-2/h13,15,19,21,66,70,75-76,80-81H,3-12,14,16-18,20,22-65,67-69,71-74H2,1-2H3,(H,79,82)/b15-13-,21-19-,70-66+. The van der Waals surface area contributed by atoms with Gasteiger partial charge in [0.2, 0.25) is 5.91 Å². The van der Waals surface area contributed by atoms with E-state index in [-0.39, 0.29) is 18.5 Å². The van der Waals surface area contributed by atoms with Crippen molar-refractivity contribution in [2.45, 2.75) is 437 Å². The van der Waals surface area contributed by atoms with Crippen molar-refractivity contribution in [1.29, 1.82) is 0 Å². The number of nitrogens with one attached hydrogen (secondary N) is 1. The Bertz CT molecular complexity index is 1360. The molecule has 0 fully saturated rings. The summed E-state index contributed by atoms with van der Waals surface area (Å²) in [5, 5.41) is 23.2. The van der Waals surface area contributed by atoms with Gasteiger partial charge in [-0.15, -0.1) is 0 Å². The molecular formula is C78H149NO5. The minimum absolute atomic E-state index is 0.0147. The minimum Gasteiger partial charge on any atom is -0.466 e. The van der Waals surface area contributed by atoms with Gasteiger partial charge in [0.05, 0.1) is 25.4 Å². The summed E-state index contributed by atoms with van der Waals surface area (Å²) in [6.07, 6.45) is 95.4. The summed E-state index contributed by atoms with van der Waals surface area (Å²) in [6.45, 7) is 4.92. The molecule has 0 aliphatic heterocycles. The topological polar surface area (TPSA) is 95.9 Å². The van der Waals surface area contributed by atoms with Crippen molar-refractivity contribution in [3.05, 3.63) is 36.5 Å². The highest BCUT2D eigenvalue weighted by atomic mass is 16.5. The normalized spacial score (nSPS) is 12.7. The van der Waals surface area contributed by atoms with Gasteiger partial charge >= 0.3 is 5.97 Å². The first-order valence-corrected chi connectivity index (χ1v) is 38.3. The van der Waals surface area contributed by atoms with Gasteiger partial charge in [0, 0.05) is 12.8 Å². The highest BCUT2D eigenvalue weighted by Gasteiger charge is 2.18. The summed E-state index contributed by atoms with van der Waals surface area (Å²) in [6, 6.07) is -0.624. The van der Waals surface area contributed by atoms with Crippen LogP contribution in [0.25, 0.3) is 0 Å². The molecule has 0 aliphatic rings. The highest BCUT2D eigenvalue weighted by molar-refractivity contribution is 5.76. The number of allylic oxidation sites excluding steroid dienone is 5. The van der Waals surface area contributed by atoms with Crippen LogP contribution in [0.3, 0.4) is 0 Å². The lowest BCUT2D eigenvalue weighted by atomic mass is 10.0. The monoisotopic (exact) mass is 1180 g/mol. The quantitative estimate of drug-likeness (QED) is 0.0320. The lowest BCUT2D eigenvalue weighted by Gasteiger charge is -2.20. The van der Waals surface area contributed by atoms with Crippen molar-refractivity contribution in [3.8, 4) is 0 Å². The lowest BCUT2D eigenvalue weighted by Crippen LogP contribution is -2.45. The van der Waals surface area contributed by atoms with E-state index in [9.17, 15) is 19.8 Å². The van der Waals surface area contributed by atoms with Gasteiger partial charge in [0.1, 0.15) is 0 Å². The molecule has 496 valence electrons. The van der Waals surface area contributed by atoms with Crippen LogP contribution in [0.4, 0.5) is 0 Å². The van der Waals surface area contributed by atoms with Crippen LogP contribution in [0.1, 0.15) is 425 Å². The largest absolute Gasteiger partial charge is 0.466 e. The maximum atomic E-state index is 12.5. The van der Waals surface area contributed by atoms with Crippen molar-refractivity contribution in [1.82, 2.24) is 5.32 Å². The molecule has 84 heavy (non-hydrogen) atoms. The second kappa shape index (κ2) is 73.5. The molecule has 0 aromatic carbocycles. The molecule has 0 aromatic heterocycles. The zero-order chi connectivity index (χ0) is 60.6. The SMILES string of the molecule is CCCCCC/C=C\C/C=C\CCCCCCCCCC(=O)OCCCCCCCCCCCCCCCCCCCCCCCCCCCCCCCCCCCC(=O)NC(CO)C(O)/C=C/CCCCCCCCCCCCCCCC. The summed E-state index contributed by atoms with van der Waals surface area (Å²) in [7, 11) is 0. The maximum absolute atomic E-state index is 12.5. The van der Waals surface area contributed by atoms with Crippen LogP contribution in [0.5, 0.6) is 0 Å². The van der Waals surface area contributed by atoms with Gasteiger partial charge in [-0.3, -0.25) is 9.59 Å². The van der Waals surface area contributed by atoms with Crippen LogP contribution in [-0.2, 0) is 14.3 Å². The number of amides is 1. The molecule has 2 atom stereocenters. The number of hydrogen-bond acceptors (Lipinski definition) is 5. The number of aliphatic hydroxyl groups is 2. The predicted octanol–water partition coefficient (Wildman–Crippen LogP) is 25.0. The van der Waals surface area contributed by atoms with Gasteiger partial charge in [0.25, 0.3) is 0 Å². The second-order valence-corrected chi connectivity index (χ2v) is 26.3. The Hall–Kier alpha value is -1.92. The average Bonchev–Trinajstić information content (AvgIpc) is 3.50. The fourth-order valence-electron chi connectivity index (χ4n) is 12.1. The fraction of sp³-hybridized carbons (Fsp3) is 0.897. The molecule has 2 unspecified atom stereocenters. The van der Waals surface area contributed by atoms with E-state index in [1.807, 2.05) is 6.08 Å². The summed E-state index contributed by atoms with van der Waals surface area (Å²) in [4.78, 5) is 24.6. The van der Waals surface area contributed by atoms with E-state index >= 15 is 0 Å². The summed E-state index contributed by atoms with van der Waals surface area (Å²) in [5.74, 6) is -0.0456. The Morgan fingerprint density at radius 3 is 0.917 bits per heavy atom. The molecular weight excluding hydrogens is 1030 g/mol. The van der Waals surface area contributed by atoms with E-state index in [1.165, 1.54) is 347 Å². The number of rotatable bonds is 72. The zero-order valence-corrected chi connectivity index (χ0v) is 56.9. The average molecular weight is 1180 g/mol. The van der Waals surface area contributed by atoms with E-state index in [0.29, 0.717) is 19.4 Å². The third kappa shape index (κ3) is 69.2. The van der Waals surface area contributed by atoms with Gasteiger partial charge in [-0.05, 0) is 64.2 Å². The van der Waals surface area contributed by atoms with Crippen LogP contribution in [0, 0.1) is 0 Å². The number of ether oxygens (including phenoxy) is 1. The number of esters is 1. The van der Waals surface area contributed by atoms with Gasteiger partial charge in [0.15, 0.2) is 0 Å². The van der Waals surface area contributed by atoms with Crippen molar-refractivity contribution >= 4 is 11.9 Å². The van der Waals surface area contributed by atoms with Crippen molar-refractivity contribution < 1.29 is 24.5 Å². The molecule has 0 heterocycles. The Morgan fingerprint density at radius 2 is 0.595 bits per heavy atom. The Kier molecular flexibility index (Phi) is 71.9. The third-order valence-electron chi connectivity index (χ3n) is 17.9. The predicted molar refractivity (Wildman–Crippen MR) is 370 cm³/mol. The molecule has 0 bridgehead atoms. The van der Waals surface area contributed by atoms with Crippen LogP contribution >= 0.6 is 0 Å². The maximum Gasteiger partial charge on any atom is 0.305 e. The number of carbonyl (C=O) groups excluding carboxylic acids is 2. The molecule has 0 spiro atoms. The summed E-state index contributed by atoms with van der Waals surface area (Å²) in [5.41, 5.74) is 0. The Morgan fingerprint density at radius 1 is 0.333 bits per heavy atom. The van der Waals surface area contributed by atoms with E-state index in [0.717, 1.165) is 51.4 Å². The van der Waals surface area contributed by atoms with Gasteiger partial charge in [-0.2, -0.15) is 0 Å². The van der Waals surface area contributed by atoms with E-state index < -0.39 is 12.1 Å². The number of aliphatic hydroxyl groups excluding tert-OH is 2. The number of hydrogen-bond donors (Lipinski definition) is 3. The summed E-state index contributed by atoms with van der Waals surface area (Å²) >= 11 is 0. The molecule has 0 rings (SSSR count). The van der Waals surface area contributed by atoms with Gasteiger partial charge in [-0.25, -0.2) is 0 Å². The van der Waals surface area contributed by atoms with Crippen LogP contribution in [0.15, 0.2) is 36.5 Å². The van der Waals surface area contributed by atoms with Gasteiger partial charge in [-0.1, -0.05) is 384 Å². The van der Waals surface area contributed by atoms with Crippen molar-refractivity contribution in [3.63, 3.8) is 0 Å². The Labute approximate surface area is 525 Å². The molecule has 0 saturated heterocycles. The van der Waals surface area contributed by atoms with E-state index in [2.05, 4.69) is 43.5 Å². The molecule has 1 amide bonds. The van der Waals surface area contributed by atoms with E-state index in [1.54, 1.807) is 6.08 Å². The third-order valence-corrected chi connectivity index (χ3v) is 17.9. The number of unbranched alkanes of at least 4 members (excludes halogenated alkanes) is 57. The van der Waals surface area contributed by atoms with Crippen LogP contribution in [0.2, 0.25) is 0 Å². The second-order valence-electron chi connectivity index (χ2n) is 26.3. The smallest absolute Gasteiger partial charge is 0.305 e. The van der Waals surface area contributed by atoms with Crippen LogP contribution < -0.4 is 5.32 Å². The first-order valence-electron chi connectivity index (χ1n) is 38.3. The molecule has 3 N–H and O–H groups in total. The zero-order valence-electron chi connectivity index (χ0n) is 56.9. The van der Waals surface area contributed by atoms with Gasteiger partial charge < -0.3 is 20.3 Å². The van der Waals surface area contributed by atoms with Crippen LogP contribution in [-0.4, -0.2) is 47.4 Å². The Balaban J connectivity index is 3.33. The first kappa shape index (κ1) is 82.1. The molecule has 0 aromatic rings. The minimum atomic E-state index is -0.841. The van der Waals surface area contributed by atoms with Crippen molar-refractivity contribution in [2.75, 3.05) is 13.2 Å². The molecule has 0 radical (unpaired) electrons. The first-order chi connectivity index (χ1) is 41.5. The fourth-order valence-corrected chi connectivity index (χ4v) is 12.1. The number of carbonyl (C=O) groups is 2. The molecule has 6 heteroatoms. The van der Waals surface area contributed by atoms with Crippen molar-refractivity contribution in [2.24, 2.45) is 0 Å². The molecule has 6 nitrogen and oxygen atoms in total. The highest BCUT2D eigenvalue weighted by Crippen LogP contribution is 2.19. The molecule has 0 saturated carbocycles.